The normalized spacial score (nSPS) is 15.8. The molecule has 0 saturated heterocycles. The van der Waals surface area contributed by atoms with Crippen LogP contribution in [-0.4, -0.2) is 49.1 Å². The second-order valence-corrected chi connectivity index (χ2v) is 8.07. The second kappa shape index (κ2) is 10.9. The highest BCUT2D eigenvalue weighted by Gasteiger charge is 2.19. The number of benzene rings is 1. The molecular formula is C24H25ClFN5O2. The zero-order chi connectivity index (χ0) is 24.0. The Morgan fingerprint density at radius 1 is 1.45 bits per heavy atom. The van der Waals surface area contributed by atoms with Crippen LogP contribution in [0, 0.1) is 11.3 Å². The number of hydrogen-bond donors (Lipinski definition) is 2. The molecule has 7 nitrogen and oxygen atoms in total. The first-order chi connectivity index (χ1) is 15.8. The van der Waals surface area contributed by atoms with E-state index in [4.69, 9.17) is 16.3 Å². The van der Waals surface area contributed by atoms with Gasteiger partial charge in [-0.25, -0.2) is 4.39 Å². The fraction of sp³-hybridized carbons (Fsp3) is 0.292. The molecule has 1 aromatic heterocycles. The van der Waals surface area contributed by atoms with E-state index in [0.29, 0.717) is 53.2 Å². The third-order valence-corrected chi connectivity index (χ3v) is 5.15. The highest BCUT2D eigenvalue weighted by Crippen LogP contribution is 2.36. The van der Waals surface area contributed by atoms with Gasteiger partial charge in [-0.2, -0.15) is 5.26 Å². The number of allylic oxidation sites excluding steroid dienone is 2. The van der Waals surface area contributed by atoms with E-state index in [2.05, 4.69) is 21.7 Å². The molecule has 1 heterocycles. The molecule has 1 aromatic carbocycles. The van der Waals surface area contributed by atoms with Crippen LogP contribution >= 0.6 is 11.6 Å². The fourth-order valence-electron chi connectivity index (χ4n) is 3.32. The van der Waals surface area contributed by atoms with Crippen molar-refractivity contribution in [3.05, 3.63) is 59.1 Å². The smallest absolute Gasteiger partial charge is 0.248 e. The molecule has 0 radical (unpaired) electrons. The number of anilines is 2. The zero-order valence-electron chi connectivity index (χ0n) is 18.7. The number of likely N-dealkylation sites (N-methyl/N-ethyl adjacent to an activating group) is 1. The van der Waals surface area contributed by atoms with Crippen molar-refractivity contribution < 1.29 is 13.9 Å². The lowest BCUT2D eigenvalue weighted by molar-refractivity contribution is -0.111. The number of hydrogen-bond acceptors (Lipinski definition) is 6. The van der Waals surface area contributed by atoms with Crippen molar-refractivity contribution in [2.24, 2.45) is 0 Å². The molecule has 33 heavy (non-hydrogen) atoms. The number of rotatable bonds is 8. The van der Waals surface area contributed by atoms with Gasteiger partial charge in [-0.05, 0) is 45.7 Å². The lowest BCUT2D eigenvalue weighted by Gasteiger charge is -2.21. The van der Waals surface area contributed by atoms with Gasteiger partial charge in [-0.1, -0.05) is 17.7 Å². The number of nitrogens with zero attached hydrogens (tertiary/aromatic N) is 3. The number of fused-ring (bicyclic) bond motifs is 1. The molecule has 1 amide bonds. The van der Waals surface area contributed by atoms with Crippen LogP contribution in [0.4, 0.5) is 15.8 Å². The summed E-state index contributed by atoms with van der Waals surface area (Å²) in [7, 11) is 3.82. The molecule has 2 aromatic rings. The molecule has 1 aliphatic rings. The topological polar surface area (TPSA) is 90.3 Å². The third-order valence-electron chi connectivity index (χ3n) is 4.84. The zero-order valence-corrected chi connectivity index (χ0v) is 19.4. The van der Waals surface area contributed by atoms with Gasteiger partial charge in [0.05, 0.1) is 34.1 Å². The lowest BCUT2D eigenvalue weighted by atomic mass is 10.0. The minimum absolute atomic E-state index is 0.0201. The first kappa shape index (κ1) is 24.2. The summed E-state index contributed by atoms with van der Waals surface area (Å²) >= 11 is 5.95. The van der Waals surface area contributed by atoms with E-state index in [1.165, 1.54) is 18.3 Å². The number of nitrogens with one attached hydrogen (secondary N) is 2. The van der Waals surface area contributed by atoms with E-state index in [1.807, 2.05) is 25.9 Å². The molecule has 1 atom stereocenters. The Hall–Kier alpha value is -3.41. The molecule has 0 bridgehead atoms. The van der Waals surface area contributed by atoms with Crippen LogP contribution in [0.3, 0.4) is 0 Å². The van der Waals surface area contributed by atoms with Crippen molar-refractivity contribution in [2.75, 3.05) is 37.9 Å². The molecule has 2 N–H and O–H groups in total. The summed E-state index contributed by atoms with van der Waals surface area (Å²) in [6.07, 6.45) is 8.01. The predicted octanol–water partition coefficient (Wildman–Crippen LogP) is 4.72. The monoisotopic (exact) mass is 469 g/mol. The van der Waals surface area contributed by atoms with Gasteiger partial charge in [0.2, 0.25) is 5.91 Å². The van der Waals surface area contributed by atoms with E-state index in [9.17, 15) is 14.4 Å². The van der Waals surface area contributed by atoms with Crippen LogP contribution in [-0.2, 0) is 4.79 Å². The number of pyridine rings is 1. The average Bonchev–Trinajstić information content (AvgIpc) is 2.77. The van der Waals surface area contributed by atoms with Crippen molar-refractivity contribution in [1.82, 2.24) is 9.88 Å². The van der Waals surface area contributed by atoms with Gasteiger partial charge in [0, 0.05) is 36.3 Å². The first-order valence-electron chi connectivity index (χ1n) is 10.4. The van der Waals surface area contributed by atoms with E-state index in [0.717, 1.165) is 0 Å². The molecule has 0 aliphatic heterocycles. The average molecular weight is 470 g/mol. The Morgan fingerprint density at radius 2 is 2.24 bits per heavy atom. The van der Waals surface area contributed by atoms with Gasteiger partial charge in [0.15, 0.2) is 0 Å². The largest absolute Gasteiger partial charge is 0.492 e. The van der Waals surface area contributed by atoms with E-state index < -0.39 is 5.83 Å². The maximum atomic E-state index is 13.6. The molecule has 1 aliphatic carbocycles. The van der Waals surface area contributed by atoms with Crippen molar-refractivity contribution in [3.8, 4) is 11.8 Å². The Morgan fingerprint density at radius 3 is 2.91 bits per heavy atom. The van der Waals surface area contributed by atoms with Crippen LogP contribution in [0.2, 0.25) is 0 Å². The number of carbonyl (C=O) groups is 1. The lowest BCUT2D eigenvalue weighted by Crippen LogP contribution is -2.19. The minimum atomic E-state index is -0.469. The number of nitriles is 1. The molecule has 3 rings (SSSR count). The molecule has 9 heteroatoms. The Kier molecular flexibility index (Phi) is 8.04. The Balaban J connectivity index is 2.02. The molecule has 0 fully saturated rings. The maximum absolute atomic E-state index is 13.6. The highest BCUT2D eigenvalue weighted by atomic mass is 35.5. The first-order valence-corrected chi connectivity index (χ1v) is 10.8. The van der Waals surface area contributed by atoms with Crippen molar-refractivity contribution in [3.63, 3.8) is 0 Å². The van der Waals surface area contributed by atoms with Gasteiger partial charge < -0.3 is 20.3 Å². The molecular weight excluding hydrogens is 445 g/mol. The van der Waals surface area contributed by atoms with Gasteiger partial charge in [0.1, 0.15) is 17.6 Å². The summed E-state index contributed by atoms with van der Waals surface area (Å²) in [5, 5.41) is 16.4. The summed E-state index contributed by atoms with van der Waals surface area (Å²) in [4.78, 5) is 18.8. The van der Waals surface area contributed by atoms with Gasteiger partial charge in [-0.3, -0.25) is 9.78 Å². The molecule has 0 saturated carbocycles. The third kappa shape index (κ3) is 6.09. The highest BCUT2D eigenvalue weighted by molar-refractivity contribution is 6.31. The predicted molar refractivity (Wildman–Crippen MR) is 129 cm³/mol. The van der Waals surface area contributed by atoms with Gasteiger partial charge in [0.25, 0.3) is 0 Å². The molecule has 1 unspecified atom stereocenters. The van der Waals surface area contributed by atoms with E-state index >= 15 is 0 Å². The number of aromatic nitrogens is 1. The maximum Gasteiger partial charge on any atom is 0.248 e. The number of ether oxygens (including phenoxy) is 1. The quantitative estimate of drug-likeness (QED) is 0.543. The van der Waals surface area contributed by atoms with Crippen LogP contribution < -0.4 is 15.4 Å². The van der Waals surface area contributed by atoms with Crippen LogP contribution in [0.15, 0.2) is 53.5 Å². The van der Waals surface area contributed by atoms with Crippen molar-refractivity contribution in [2.45, 2.75) is 19.4 Å². The Bertz CT molecular complexity index is 1180. The molecule has 172 valence electrons. The summed E-state index contributed by atoms with van der Waals surface area (Å²) in [6, 6.07) is 5.26. The Labute approximate surface area is 197 Å². The van der Waals surface area contributed by atoms with Gasteiger partial charge in [-0.15, -0.1) is 0 Å². The van der Waals surface area contributed by atoms with Gasteiger partial charge >= 0.3 is 0 Å². The molecule has 0 spiro atoms. The fourth-order valence-corrected chi connectivity index (χ4v) is 3.55. The van der Waals surface area contributed by atoms with Crippen LogP contribution in [0.25, 0.3) is 10.9 Å². The summed E-state index contributed by atoms with van der Waals surface area (Å²) < 4.78 is 19.3. The SMILES string of the molecule is CCOc1cc2ncc(C#N)c(NC3C=C(Cl)C(F)=CC3)c2cc1NC(=O)/C=C/CN(C)C. The number of halogens is 2. The van der Waals surface area contributed by atoms with Crippen molar-refractivity contribution in [1.29, 1.82) is 5.26 Å². The standard InChI is InChI=1S/C24H25ClFN5O2/c1-4-33-22-12-20-17(11-21(22)30-23(32)6-5-9-31(2)3)24(15(13-27)14-28-20)29-16-7-8-19(26)18(25)10-16/h5-6,8,10-12,14,16H,4,7,9H2,1-3H3,(H,28,29)(H,30,32)/b6-5+. The number of amides is 1. The van der Waals surface area contributed by atoms with E-state index in [-0.39, 0.29) is 17.0 Å². The van der Waals surface area contributed by atoms with Crippen LogP contribution in [0.1, 0.15) is 18.9 Å². The second-order valence-electron chi connectivity index (χ2n) is 7.66. The van der Waals surface area contributed by atoms with E-state index in [1.54, 1.807) is 24.3 Å². The minimum Gasteiger partial charge on any atom is -0.492 e. The van der Waals surface area contributed by atoms with Crippen LogP contribution in [0.5, 0.6) is 5.75 Å². The number of carbonyl (C=O) groups excluding carboxylic acids is 1. The summed E-state index contributed by atoms with van der Waals surface area (Å²) in [5.74, 6) is -0.310. The summed E-state index contributed by atoms with van der Waals surface area (Å²) in [6.45, 7) is 2.87. The summed E-state index contributed by atoms with van der Waals surface area (Å²) in [5.41, 5.74) is 1.86. The van der Waals surface area contributed by atoms with Crippen molar-refractivity contribution >= 4 is 39.8 Å².